The first-order chi connectivity index (χ1) is 16.0. The second kappa shape index (κ2) is 11.8. The van der Waals surface area contributed by atoms with E-state index in [2.05, 4.69) is 0 Å². The van der Waals surface area contributed by atoms with Crippen molar-refractivity contribution in [2.75, 3.05) is 0 Å². The fraction of sp³-hybridized carbons (Fsp3) is 0.0357. The van der Waals surface area contributed by atoms with Crippen molar-refractivity contribution in [3.63, 3.8) is 0 Å². The molecule has 33 heavy (non-hydrogen) atoms. The van der Waals surface area contributed by atoms with Gasteiger partial charge < -0.3 is 9.84 Å². The van der Waals surface area contributed by atoms with E-state index >= 15 is 0 Å². The van der Waals surface area contributed by atoms with Gasteiger partial charge in [-0.2, -0.15) is 0 Å². The summed E-state index contributed by atoms with van der Waals surface area (Å²) >= 11 is 0. The summed E-state index contributed by atoms with van der Waals surface area (Å²) in [5, 5.41) is 8.74. The third kappa shape index (κ3) is 7.01. The van der Waals surface area contributed by atoms with Crippen molar-refractivity contribution in [1.29, 1.82) is 0 Å². The van der Waals surface area contributed by atoms with Gasteiger partial charge in [-0.3, -0.25) is 9.59 Å². The first-order valence-corrected chi connectivity index (χ1v) is 10.2. The molecule has 5 nitrogen and oxygen atoms in total. The summed E-state index contributed by atoms with van der Waals surface area (Å²) in [7, 11) is 0. The number of carbonyl (C=O) groups excluding carboxylic acids is 2. The van der Waals surface area contributed by atoms with Gasteiger partial charge in [0.25, 0.3) is 0 Å². The molecule has 5 heteroatoms. The molecule has 0 aliphatic heterocycles. The van der Waals surface area contributed by atoms with Crippen LogP contribution in [0.25, 0.3) is 0 Å². The van der Waals surface area contributed by atoms with Crippen LogP contribution in [0, 0.1) is 0 Å². The van der Waals surface area contributed by atoms with Gasteiger partial charge >= 0.3 is 5.97 Å². The molecule has 0 fully saturated rings. The Labute approximate surface area is 191 Å². The topological polar surface area (TPSA) is 80.7 Å². The first kappa shape index (κ1) is 23.2. The largest absolute Gasteiger partial charge is 0.489 e. The molecule has 0 aliphatic rings. The maximum absolute atomic E-state index is 11.8. The summed E-state index contributed by atoms with van der Waals surface area (Å²) in [5.41, 5.74) is 2.19. The van der Waals surface area contributed by atoms with Gasteiger partial charge in [-0.15, -0.1) is 0 Å². The van der Waals surface area contributed by atoms with Crippen LogP contribution in [-0.2, 0) is 6.61 Å². The molecular weight excluding hydrogens is 416 g/mol. The summed E-state index contributed by atoms with van der Waals surface area (Å²) in [6.45, 7) is 0.479. The van der Waals surface area contributed by atoms with Crippen LogP contribution in [0.2, 0.25) is 0 Å². The van der Waals surface area contributed by atoms with Crippen LogP contribution in [0.4, 0.5) is 0 Å². The van der Waals surface area contributed by atoms with Crippen LogP contribution < -0.4 is 4.74 Å². The lowest BCUT2D eigenvalue weighted by Crippen LogP contribution is -2.14. The molecule has 0 radical (unpaired) electrons. The van der Waals surface area contributed by atoms with Crippen LogP contribution in [0.5, 0.6) is 5.75 Å². The third-order valence-electron chi connectivity index (χ3n) is 4.63. The number of ketones is 2. The number of carboxylic acids is 1. The van der Waals surface area contributed by atoms with Crippen LogP contribution in [0.3, 0.4) is 0 Å². The number of carbonyl (C=O) groups is 3. The van der Waals surface area contributed by atoms with Crippen molar-refractivity contribution in [3.05, 3.63) is 138 Å². The Morgan fingerprint density at radius 3 is 1.39 bits per heavy atom. The van der Waals surface area contributed by atoms with Crippen molar-refractivity contribution >= 4 is 17.5 Å². The molecule has 0 aliphatic carbocycles. The predicted octanol–water partition coefficient (Wildman–Crippen LogP) is 5.72. The first-order valence-electron chi connectivity index (χ1n) is 10.2. The second-order valence-corrected chi connectivity index (χ2v) is 6.99. The van der Waals surface area contributed by atoms with Gasteiger partial charge in [0.1, 0.15) is 12.4 Å². The highest BCUT2D eigenvalue weighted by Gasteiger charge is 2.17. The fourth-order valence-electron chi connectivity index (χ4n) is 2.88. The van der Waals surface area contributed by atoms with Crippen molar-refractivity contribution in [1.82, 2.24) is 0 Å². The molecule has 0 bridgehead atoms. The number of ether oxygens (including phenoxy) is 1. The van der Waals surface area contributed by atoms with Gasteiger partial charge in [0.15, 0.2) is 0 Å². The number of aromatic carboxylic acids is 1. The van der Waals surface area contributed by atoms with E-state index in [0.717, 1.165) is 5.56 Å². The number of Topliss-reactive ketones (excluding diaryl/α,β-unsaturated/α-hetero) is 2. The van der Waals surface area contributed by atoms with E-state index in [1.807, 2.05) is 42.5 Å². The van der Waals surface area contributed by atoms with Gasteiger partial charge in [0.05, 0.1) is 5.56 Å². The molecule has 0 saturated carbocycles. The van der Waals surface area contributed by atoms with E-state index in [9.17, 15) is 14.4 Å². The highest BCUT2D eigenvalue weighted by Crippen LogP contribution is 2.14. The van der Waals surface area contributed by atoms with Gasteiger partial charge in [0, 0.05) is 11.1 Å². The summed E-state index contributed by atoms with van der Waals surface area (Å²) in [6.07, 6.45) is 0. The van der Waals surface area contributed by atoms with E-state index < -0.39 is 17.5 Å². The van der Waals surface area contributed by atoms with Crippen LogP contribution >= 0.6 is 0 Å². The lowest BCUT2D eigenvalue weighted by Gasteiger charge is -2.06. The minimum Gasteiger partial charge on any atom is -0.489 e. The minimum atomic E-state index is -0.931. The molecule has 0 unspecified atom stereocenters. The number of rotatable bonds is 7. The molecule has 0 aromatic heterocycles. The van der Waals surface area contributed by atoms with Crippen molar-refractivity contribution in [2.45, 2.75) is 6.61 Å². The molecule has 0 amide bonds. The van der Waals surface area contributed by atoms with Crippen molar-refractivity contribution < 1.29 is 24.2 Å². The normalized spacial score (nSPS) is 9.82. The number of benzene rings is 4. The van der Waals surface area contributed by atoms with Gasteiger partial charge in [-0.1, -0.05) is 91.0 Å². The van der Waals surface area contributed by atoms with E-state index in [1.165, 1.54) is 12.1 Å². The molecule has 0 heterocycles. The lowest BCUT2D eigenvalue weighted by molar-refractivity contribution is 0.0696. The highest BCUT2D eigenvalue weighted by molar-refractivity contribution is 6.49. The van der Waals surface area contributed by atoms with Crippen LogP contribution in [0.15, 0.2) is 115 Å². The fourth-order valence-corrected chi connectivity index (χ4v) is 2.88. The zero-order valence-corrected chi connectivity index (χ0v) is 17.8. The highest BCUT2D eigenvalue weighted by atomic mass is 16.5. The van der Waals surface area contributed by atoms with E-state index in [1.54, 1.807) is 60.7 Å². The molecule has 0 spiro atoms. The third-order valence-corrected chi connectivity index (χ3v) is 4.63. The molecule has 164 valence electrons. The maximum Gasteiger partial charge on any atom is 0.335 e. The molecular formula is C28H22O5. The van der Waals surface area contributed by atoms with Crippen LogP contribution in [0.1, 0.15) is 36.6 Å². The van der Waals surface area contributed by atoms with Gasteiger partial charge in [-0.05, 0) is 29.8 Å². The monoisotopic (exact) mass is 438 g/mol. The quantitative estimate of drug-likeness (QED) is 0.295. The Kier molecular flexibility index (Phi) is 8.26. The van der Waals surface area contributed by atoms with Crippen molar-refractivity contribution in [3.8, 4) is 5.75 Å². The van der Waals surface area contributed by atoms with E-state index in [0.29, 0.717) is 23.5 Å². The average molecular weight is 438 g/mol. The Morgan fingerprint density at radius 2 is 0.970 bits per heavy atom. The molecule has 4 rings (SSSR count). The summed E-state index contributed by atoms with van der Waals surface area (Å²) in [5.74, 6) is -1.20. The average Bonchev–Trinajstić information content (AvgIpc) is 2.89. The summed E-state index contributed by atoms with van der Waals surface area (Å²) < 4.78 is 5.53. The zero-order chi connectivity index (χ0) is 23.5. The Balaban J connectivity index is 0.000000186. The second-order valence-electron chi connectivity index (χ2n) is 6.99. The van der Waals surface area contributed by atoms with Crippen LogP contribution in [-0.4, -0.2) is 22.6 Å². The number of hydrogen-bond donors (Lipinski definition) is 1. The molecule has 4 aromatic rings. The Hall–Kier alpha value is -4.51. The summed E-state index contributed by atoms with van der Waals surface area (Å²) in [6, 6.07) is 33.3. The molecule has 0 saturated heterocycles. The van der Waals surface area contributed by atoms with Gasteiger partial charge in [-0.25, -0.2) is 4.79 Å². The number of hydrogen-bond acceptors (Lipinski definition) is 4. The lowest BCUT2D eigenvalue weighted by atomic mass is 10.0. The summed E-state index contributed by atoms with van der Waals surface area (Å²) in [4.78, 5) is 34.2. The minimum absolute atomic E-state index is 0.261. The zero-order valence-electron chi connectivity index (χ0n) is 17.8. The maximum atomic E-state index is 11.8. The van der Waals surface area contributed by atoms with E-state index in [4.69, 9.17) is 9.84 Å². The Bertz CT molecular complexity index is 1140. The molecule has 4 aromatic carbocycles. The Morgan fingerprint density at radius 1 is 0.545 bits per heavy atom. The molecule has 1 N–H and O–H groups in total. The van der Waals surface area contributed by atoms with E-state index in [-0.39, 0.29) is 5.56 Å². The smallest absolute Gasteiger partial charge is 0.335 e. The molecule has 0 atom stereocenters. The van der Waals surface area contributed by atoms with Crippen molar-refractivity contribution in [2.24, 2.45) is 0 Å². The van der Waals surface area contributed by atoms with Gasteiger partial charge in [0.2, 0.25) is 11.6 Å². The predicted molar refractivity (Wildman–Crippen MR) is 126 cm³/mol. The number of carboxylic acid groups (broad SMARTS) is 1. The standard InChI is InChI=1S/C14H12O3.C14H10O2/c15-14(16)12-6-8-13(9-7-12)17-10-11-4-2-1-3-5-11;15-13(11-7-3-1-4-8-11)14(16)12-9-5-2-6-10-12/h1-9H,10H2,(H,15,16);1-10H. The SMILES string of the molecule is O=C(C(=O)c1ccccc1)c1ccccc1.O=C(O)c1ccc(OCc2ccccc2)cc1.